The van der Waals surface area contributed by atoms with Crippen LogP contribution >= 0.6 is 50.7 Å². The number of benzene rings is 2. The van der Waals surface area contributed by atoms with Crippen molar-refractivity contribution < 1.29 is 0 Å². The molecule has 2 aromatic carbocycles. The van der Waals surface area contributed by atoms with Crippen molar-refractivity contribution in [1.82, 2.24) is 4.98 Å². The molecule has 0 aliphatic carbocycles. The van der Waals surface area contributed by atoms with Gasteiger partial charge in [-0.25, -0.2) is 4.98 Å². The van der Waals surface area contributed by atoms with Crippen LogP contribution in [0.1, 0.15) is 5.56 Å². The number of alkyl halides is 1. The lowest BCUT2D eigenvalue weighted by Crippen LogP contribution is -1.90. The van der Waals surface area contributed by atoms with E-state index in [9.17, 15) is 0 Å². The van der Waals surface area contributed by atoms with E-state index in [0.29, 0.717) is 20.4 Å². The van der Waals surface area contributed by atoms with Crippen molar-refractivity contribution in [2.45, 2.75) is 5.33 Å². The average molecular weight is 402 g/mol. The Kier molecular flexibility index (Phi) is 4.41. The summed E-state index contributed by atoms with van der Waals surface area (Å²) in [5, 5.41) is 3.40. The Morgan fingerprint density at radius 3 is 2.52 bits per heavy atom. The van der Waals surface area contributed by atoms with E-state index < -0.39 is 0 Å². The first-order valence-corrected chi connectivity index (χ1v) is 8.45. The molecule has 0 fully saturated rings. The van der Waals surface area contributed by atoms with Crippen LogP contribution in [0.25, 0.3) is 22.2 Å². The number of rotatable bonds is 2. The topological polar surface area (TPSA) is 12.9 Å². The van der Waals surface area contributed by atoms with Gasteiger partial charge in [0.05, 0.1) is 16.2 Å². The number of aromatic nitrogens is 1. The lowest BCUT2D eigenvalue weighted by molar-refractivity contribution is 1.37. The van der Waals surface area contributed by atoms with Gasteiger partial charge in [0.15, 0.2) is 0 Å². The Labute approximate surface area is 146 Å². The van der Waals surface area contributed by atoms with Crippen molar-refractivity contribution >= 4 is 61.6 Å². The molecule has 0 amide bonds. The molecule has 106 valence electrons. The number of nitrogens with zero attached hydrogens (tertiary/aromatic N) is 1. The van der Waals surface area contributed by atoms with Crippen LogP contribution in [0.4, 0.5) is 0 Å². The van der Waals surface area contributed by atoms with Gasteiger partial charge in [-0.05, 0) is 24.3 Å². The molecule has 0 aliphatic heterocycles. The van der Waals surface area contributed by atoms with Gasteiger partial charge in [0.1, 0.15) is 0 Å². The molecular weight excluding hydrogens is 392 g/mol. The van der Waals surface area contributed by atoms with E-state index in [1.165, 1.54) is 0 Å². The molecular formula is C16H9BrCl3N. The molecule has 1 heterocycles. The Balaban J connectivity index is 2.24. The van der Waals surface area contributed by atoms with E-state index in [0.717, 1.165) is 27.7 Å². The summed E-state index contributed by atoms with van der Waals surface area (Å²) in [6.45, 7) is 0. The highest BCUT2D eigenvalue weighted by atomic mass is 79.9. The summed E-state index contributed by atoms with van der Waals surface area (Å²) in [7, 11) is 0. The van der Waals surface area contributed by atoms with Crippen molar-refractivity contribution in [2.75, 3.05) is 0 Å². The van der Waals surface area contributed by atoms with Crippen LogP contribution in [-0.2, 0) is 5.33 Å². The molecule has 0 bridgehead atoms. The monoisotopic (exact) mass is 399 g/mol. The Morgan fingerprint density at radius 2 is 1.81 bits per heavy atom. The third-order valence-corrected chi connectivity index (χ3v) is 4.76. The molecule has 0 saturated heterocycles. The molecule has 0 radical (unpaired) electrons. The van der Waals surface area contributed by atoms with Gasteiger partial charge in [-0.3, -0.25) is 0 Å². The third-order valence-electron chi connectivity index (χ3n) is 3.22. The summed E-state index contributed by atoms with van der Waals surface area (Å²) in [6, 6.07) is 13.4. The highest BCUT2D eigenvalue weighted by molar-refractivity contribution is 9.08. The minimum atomic E-state index is 0.582. The van der Waals surface area contributed by atoms with Crippen molar-refractivity contribution in [2.24, 2.45) is 0 Å². The predicted octanol–water partition coefficient (Wildman–Crippen LogP) is 6.76. The van der Waals surface area contributed by atoms with Crippen molar-refractivity contribution in [3.8, 4) is 11.3 Å². The van der Waals surface area contributed by atoms with Crippen molar-refractivity contribution in [3.05, 3.63) is 63.1 Å². The van der Waals surface area contributed by atoms with Gasteiger partial charge in [-0.1, -0.05) is 68.9 Å². The molecule has 0 spiro atoms. The van der Waals surface area contributed by atoms with E-state index in [4.69, 9.17) is 34.8 Å². The molecule has 0 aliphatic rings. The summed E-state index contributed by atoms with van der Waals surface area (Å²) >= 11 is 22.1. The van der Waals surface area contributed by atoms with Gasteiger partial charge < -0.3 is 0 Å². The first-order valence-electron chi connectivity index (χ1n) is 6.19. The maximum Gasteiger partial charge on any atom is 0.0899 e. The molecule has 1 nitrogen and oxygen atoms in total. The second-order valence-corrected chi connectivity index (χ2v) is 6.35. The zero-order valence-corrected chi connectivity index (χ0v) is 14.6. The standard InChI is InChI=1S/C16H9BrCl3N/c17-8-12-13(19)7-10-4-5-14(21-16(10)15(12)20)9-2-1-3-11(18)6-9/h1-7H,8H2. The summed E-state index contributed by atoms with van der Waals surface area (Å²) < 4.78 is 0. The first kappa shape index (κ1) is 15.1. The van der Waals surface area contributed by atoms with Crippen LogP contribution in [0.5, 0.6) is 0 Å². The lowest BCUT2D eigenvalue weighted by Gasteiger charge is -2.09. The zero-order chi connectivity index (χ0) is 15.0. The number of pyridine rings is 1. The minimum Gasteiger partial charge on any atom is -0.246 e. The molecule has 0 unspecified atom stereocenters. The fourth-order valence-electron chi connectivity index (χ4n) is 2.16. The summed E-state index contributed by atoms with van der Waals surface area (Å²) in [5.74, 6) is 0. The number of fused-ring (bicyclic) bond motifs is 1. The van der Waals surface area contributed by atoms with Crippen molar-refractivity contribution in [1.29, 1.82) is 0 Å². The Morgan fingerprint density at radius 1 is 1.00 bits per heavy atom. The maximum atomic E-state index is 6.43. The molecule has 5 heteroatoms. The second-order valence-electron chi connectivity index (χ2n) is 4.56. The van der Waals surface area contributed by atoms with E-state index >= 15 is 0 Å². The SMILES string of the molecule is Clc1cccc(-c2ccc3cc(Cl)c(CBr)c(Cl)c3n2)c1. The smallest absolute Gasteiger partial charge is 0.0899 e. The summed E-state index contributed by atoms with van der Waals surface area (Å²) in [4.78, 5) is 4.67. The highest BCUT2D eigenvalue weighted by Crippen LogP contribution is 2.35. The van der Waals surface area contributed by atoms with Crippen LogP contribution in [0.15, 0.2) is 42.5 Å². The van der Waals surface area contributed by atoms with Crippen LogP contribution in [0, 0.1) is 0 Å². The zero-order valence-electron chi connectivity index (χ0n) is 10.7. The molecule has 0 saturated carbocycles. The van der Waals surface area contributed by atoms with Gasteiger partial charge in [0.2, 0.25) is 0 Å². The Hall–Kier alpha value is -0.800. The normalized spacial score (nSPS) is 11.0. The van der Waals surface area contributed by atoms with E-state index in [-0.39, 0.29) is 0 Å². The summed E-state index contributed by atoms with van der Waals surface area (Å²) in [5.41, 5.74) is 3.38. The van der Waals surface area contributed by atoms with Crippen molar-refractivity contribution in [3.63, 3.8) is 0 Å². The molecule has 0 atom stereocenters. The highest BCUT2D eigenvalue weighted by Gasteiger charge is 2.12. The predicted molar refractivity (Wildman–Crippen MR) is 94.8 cm³/mol. The third kappa shape index (κ3) is 2.91. The molecule has 3 aromatic rings. The molecule has 0 N–H and O–H groups in total. The van der Waals surface area contributed by atoms with Gasteiger partial charge in [-0.15, -0.1) is 0 Å². The molecule has 21 heavy (non-hydrogen) atoms. The van der Waals surface area contributed by atoms with Gasteiger partial charge >= 0.3 is 0 Å². The maximum absolute atomic E-state index is 6.43. The van der Waals surface area contributed by atoms with Gasteiger partial charge in [-0.2, -0.15) is 0 Å². The van der Waals surface area contributed by atoms with Crippen LogP contribution in [-0.4, -0.2) is 4.98 Å². The van der Waals surface area contributed by atoms with Crippen LogP contribution in [0.3, 0.4) is 0 Å². The number of halogens is 4. The fraction of sp³-hybridized carbons (Fsp3) is 0.0625. The second kappa shape index (κ2) is 6.13. The molecule has 1 aromatic heterocycles. The van der Waals surface area contributed by atoms with E-state index in [1.54, 1.807) is 0 Å². The van der Waals surface area contributed by atoms with E-state index in [1.807, 2.05) is 42.5 Å². The minimum absolute atomic E-state index is 0.582. The lowest BCUT2D eigenvalue weighted by atomic mass is 10.1. The molecule has 3 rings (SSSR count). The number of hydrogen-bond acceptors (Lipinski definition) is 1. The quantitative estimate of drug-likeness (QED) is 0.433. The summed E-state index contributed by atoms with van der Waals surface area (Å²) in [6.07, 6.45) is 0. The first-order chi connectivity index (χ1) is 10.1. The van der Waals surface area contributed by atoms with Gasteiger partial charge in [0.25, 0.3) is 0 Å². The Bertz CT molecular complexity index is 833. The number of hydrogen-bond donors (Lipinski definition) is 0. The fourth-order valence-corrected chi connectivity index (χ4v) is 3.91. The van der Waals surface area contributed by atoms with Crippen LogP contribution < -0.4 is 0 Å². The average Bonchev–Trinajstić information content (AvgIpc) is 2.47. The van der Waals surface area contributed by atoms with Gasteiger partial charge in [0, 0.05) is 31.9 Å². The van der Waals surface area contributed by atoms with E-state index in [2.05, 4.69) is 20.9 Å². The largest absolute Gasteiger partial charge is 0.246 e. The van der Waals surface area contributed by atoms with Crippen LogP contribution in [0.2, 0.25) is 15.1 Å².